The van der Waals surface area contributed by atoms with E-state index in [2.05, 4.69) is 10.6 Å². The number of carbonyl (C=O) groups excluding carboxylic acids is 2. The minimum absolute atomic E-state index is 0.107. The minimum Gasteiger partial charge on any atom is -0.354 e. The van der Waals surface area contributed by atoms with Crippen LogP contribution >= 0.6 is 11.6 Å². The number of nitrogens with one attached hydrogen (secondary N) is 2. The zero-order valence-corrected chi connectivity index (χ0v) is 16.8. The van der Waals surface area contributed by atoms with Crippen LogP contribution in [0.5, 0.6) is 0 Å². The van der Waals surface area contributed by atoms with Crippen LogP contribution in [0, 0.1) is 5.82 Å². The molecule has 0 saturated carbocycles. The van der Waals surface area contributed by atoms with Gasteiger partial charge in [0.15, 0.2) is 0 Å². The summed E-state index contributed by atoms with van der Waals surface area (Å²) in [5.74, 6) is -0.605. The predicted octanol–water partition coefficient (Wildman–Crippen LogP) is 3.41. The molecule has 0 radical (unpaired) electrons. The van der Waals surface area contributed by atoms with E-state index in [1.165, 1.54) is 12.1 Å². The Morgan fingerprint density at radius 2 is 1.82 bits per heavy atom. The topological polar surface area (TPSA) is 61.4 Å². The van der Waals surface area contributed by atoms with Gasteiger partial charge in [-0.15, -0.1) is 0 Å². The first-order chi connectivity index (χ1) is 13.4. The normalized spacial score (nSPS) is 11.9. The Balaban J connectivity index is 1.72. The van der Waals surface area contributed by atoms with Gasteiger partial charge in [-0.25, -0.2) is 4.39 Å². The van der Waals surface area contributed by atoms with Gasteiger partial charge in [-0.3, -0.25) is 9.59 Å². The van der Waals surface area contributed by atoms with Crippen molar-refractivity contribution in [2.24, 2.45) is 0 Å². The molecule has 0 fully saturated rings. The lowest BCUT2D eigenvalue weighted by Crippen LogP contribution is -2.35. The molecule has 0 bridgehead atoms. The summed E-state index contributed by atoms with van der Waals surface area (Å²) in [5.41, 5.74) is 1.33. The first-order valence-corrected chi connectivity index (χ1v) is 9.47. The first kappa shape index (κ1) is 21.9. The average Bonchev–Trinajstić information content (AvgIpc) is 2.65. The Labute approximate surface area is 169 Å². The molecule has 0 aliphatic rings. The molecule has 1 unspecified atom stereocenters. The molecule has 0 aliphatic carbocycles. The van der Waals surface area contributed by atoms with E-state index >= 15 is 0 Å². The summed E-state index contributed by atoms with van der Waals surface area (Å²) < 4.78 is 13.5. The van der Waals surface area contributed by atoms with Gasteiger partial charge in [0.05, 0.1) is 6.04 Å². The van der Waals surface area contributed by atoms with Crippen LogP contribution in [0.2, 0.25) is 5.02 Å². The SMILES string of the molecule is CN(C)C(CNC(=O)CCCNC(=O)c1ccc(Cl)cc1)c1cccc(F)c1. The third-order valence-corrected chi connectivity index (χ3v) is 4.57. The van der Waals surface area contributed by atoms with E-state index in [1.54, 1.807) is 30.3 Å². The van der Waals surface area contributed by atoms with E-state index < -0.39 is 0 Å². The molecule has 2 rings (SSSR count). The molecule has 1 atom stereocenters. The number of hydrogen-bond acceptors (Lipinski definition) is 3. The molecule has 0 saturated heterocycles. The summed E-state index contributed by atoms with van der Waals surface area (Å²) in [6, 6.07) is 12.9. The van der Waals surface area contributed by atoms with Crippen molar-refractivity contribution >= 4 is 23.4 Å². The van der Waals surface area contributed by atoms with Crippen molar-refractivity contribution in [3.8, 4) is 0 Å². The molecule has 2 aromatic carbocycles. The van der Waals surface area contributed by atoms with Gasteiger partial charge < -0.3 is 15.5 Å². The molecule has 7 heteroatoms. The molecule has 2 amide bonds. The third kappa shape index (κ3) is 6.94. The van der Waals surface area contributed by atoms with Crippen LogP contribution in [0.25, 0.3) is 0 Å². The number of halogens is 2. The summed E-state index contributed by atoms with van der Waals surface area (Å²) in [6.45, 7) is 0.780. The second-order valence-electron chi connectivity index (χ2n) is 6.70. The van der Waals surface area contributed by atoms with Crippen molar-refractivity contribution in [3.05, 3.63) is 70.5 Å². The lowest BCUT2D eigenvalue weighted by molar-refractivity contribution is -0.121. The maximum absolute atomic E-state index is 13.5. The molecule has 0 aromatic heterocycles. The fraction of sp³-hybridized carbons (Fsp3) is 0.333. The molecular weight excluding hydrogens is 381 g/mol. The van der Waals surface area contributed by atoms with Crippen molar-refractivity contribution in [2.45, 2.75) is 18.9 Å². The lowest BCUT2D eigenvalue weighted by Gasteiger charge is -2.25. The molecule has 0 heterocycles. The fourth-order valence-corrected chi connectivity index (χ4v) is 2.89. The summed E-state index contributed by atoms with van der Waals surface area (Å²) >= 11 is 5.80. The number of hydrogen-bond donors (Lipinski definition) is 2. The van der Waals surface area contributed by atoms with Crippen LogP contribution in [0.4, 0.5) is 4.39 Å². The molecule has 28 heavy (non-hydrogen) atoms. The highest BCUT2D eigenvalue weighted by Gasteiger charge is 2.16. The fourth-order valence-electron chi connectivity index (χ4n) is 2.77. The predicted molar refractivity (Wildman–Crippen MR) is 109 cm³/mol. The third-order valence-electron chi connectivity index (χ3n) is 4.32. The molecule has 5 nitrogen and oxygen atoms in total. The highest BCUT2D eigenvalue weighted by Crippen LogP contribution is 2.18. The molecular formula is C21H25ClFN3O2. The largest absolute Gasteiger partial charge is 0.354 e. The molecule has 2 aromatic rings. The van der Waals surface area contributed by atoms with Gasteiger partial charge in [0.25, 0.3) is 5.91 Å². The van der Waals surface area contributed by atoms with Crippen molar-refractivity contribution in [1.82, 2.24) is 15.5 Å². The molecule has 0 aliphatic heterocycles. The van der Waals surface area contributed by atoms with E-state index in [0.29, 0.717) is 36.5 Å². The van der Waals surface area contributed by atoms with E-state index in [9.17, 15) is 14.0 Å². The summed E-state index contributed by atoms with van der Waals surface area (Å²) in [6.07, 6.45) is 0.821. The van der Waals surface area contributed by atoms with Crippen molar-refractivity contribution in [3.63, 3.8) is 0 Å². The first-order valence-electron chi connectivity index (χ1n) is 9.09. The van der Waals surface area contributed by atoms with Crippen LogP contribution in [0.3, 0.4) is 0 Å². The number of likely N-dealkylation sites (N-methyl/N-ethyl adjacent to an activating group) is 1. The number of amides is 2. The van der Waals surface area contributed by atoms with Crippen LogP contribution in [-0.4, -0.2) is 43.9 Å². The number of carbonyl (C=O) groups is 2. The number of benzene rings is 2. The maximum Gasteiger partial charge on any atom is 0.251 e. The van der Waals surface area contributed by atoms with E-state index in [0.717, 1.165) is 5.56 Å². The van der Waals surface area contributed by atoms with Crippen LogP contribution < -0.4 is 10.6 Å². The quantitative estimate of drug-likeness (QED) is 0.628. The number of rotatable bonds is 9. The summed E-state index contributed by atoms with van der Waals surface area (Å²) in [7, 11) is 3.77. The summed E-state index contributed by atoms with van der Waals surface area (Å²) in [4.78, 5) is 26.0. The monoisotopic (exact) mass is 405 g/mol. The van der Waals surface area contributed by atoms with E-state index in [-0.39, 0.29) is 23.7 Å². The van der Waals surface area contributed by atoms with Crippen LogP contribution in [0.15, 0.2) is 48.5 Å². The van der Waals surface area contributed by atoms with Gasteiger partial charge in [0.2, 0.25) is 5.91 Å². The molecule has 2 N–H and O–H groups in total. The average molecular weight is 406 g/mol. The van der Waals surface area contributed by atoms with Crippen molar-refractivity contribution in [1.29, 1.82) is 0 Å². The van der Waals surface area contributed by atoms with Crippen molar-refractivity contribution in [2.75, 3.05) is 27.2 Å². The zero-order chi connectivity index (χ0) is 20.5. The Bertz CT molecular complexity index is 796. The van der Waals surface area contributed by atoms with Gasteiger partial charge in [-0.05, 0) is 62.5 Å². The van der Waals surface area contributed by atoms with E-state index in [1.807, 2.05) is 25.1 Å². The number of nitrogens with zero attached hydrogens (tertiary/aromatic N) is 1. The second-order valence-corrected chi connectivity index (χ2v) is 7.14. The maximum atomic E-state index is 13.5. The van der Waals surface area contributed by atoms with E-state index in [4.69, 9.17) is 11.6 Å². The van der Waals surface area contributed by atoms with Crippen LogP contribution in [-0.2, 0) is 4.79 Å². The van der Waals surface area contributed by atoms with Gasteiger partial charge in [0, 0.05) is 30.1 Å². The zero-order valence-electron chi connectivity index (χ0n) is 16.0. The second kappa shape index (κ2) is 10.8. The van der Waals surface area contributed by atoms with Crippen LogP contribution in [0.1, 0.15) is 34.8 Å². The highest BCUT2D eigenvalue weighted by atomic mass is 35.5. The summed E-state index contributed by atoms with van der Waals surface area (Å²) in [5, 5.41) is 6.23. The smallest absolute Gasteiger partial charge is 0.251 e. The molecule has 150 valence electrons. The van der Waals surface area contributed by atoms with Gasteiger partial charge in [0.1, 0.15) is 5.82 Å². The van der Waals surface area contributed by atoms with Gasteiger partial charge in [-0.1, -0.05) is 23.7 Å². The Hall–Kier alpha value is -2.44. The minimum atomic E-state index is -0.299. The Kier molecular flexibility index (Phi) is 8.42. The lowest BCUT2D eigenvalue weighted by atomic mass is 10.1. The Morgan fingerprint density at radius 3 is 2.46 bits per heavy atom. The van der Waals surface area contributed by atoms with Crippen molar-refractivity contribution < 1.29 is 14.0 Å². The van der Waals surface area contributed by atoms with Gasteiger partial charge in [-0.2, -0.15) is 0 Å². The standard InChI is InChI=1S/C21H25ClFN3O2/c1-26(2)19(16-5-3-6-18(23)13-16)14-25-20(27)7-4-12-24-21(28)15-8-10-17(22)11-9-15/h3,5-6,8-11,13,19H,4,7,12,14H2,1-2H3,(H,24,28)(H,25,27). The Morgan fingerprint density at radius 1 is 1.11 bits per heavy atom. The van der Waals surface area contributed by atoms with Gasteiger partial charge >= 0.3 is 0 Å². The highest BCUT2D eigenvalue weighted by molar-refractivity contribution is 6.30. The molecule has 0 spiro atoms.